The van der Waals surface area contributed by atoms with Crippen LogP contribution in [0.4, 0.5) is 11.4 Å². The highest BCUT2D eigenvalue weighted by molar-refractivity contribution is 5.84. The SMILES string of the molecule is C=CC(=O)Oc1c(C)cc(N=Nc2ccc(C)cc2)cc1C. The number of rotatable bonds is 4. The molecule has 4 heteroatoms. The van der Waals surface area contributed by atoms with Crippen LogP contribution in [-0.2, 0) is 4.79 Å². The molecule has 0 aliphatic rings. The number of hydrogen-bond acceptors (Lipinski definition) is 4. The van der Waals surface area contributed by atoms with Crippen molar-refractivity contribution in [1.82, 2.24) is 0 Å². The van der Waals surface area contributed by atoms with Gasteiger partial charge in [0, 0.05) is 6.08 Å². The van der Waals surface area contributed by atoms with Gasteiger partial charge < -0.3 is 4.74 Å². The van der Waals surface area contributed by atoms with Crippen molar-refractivity contribution in [3.8, 4) is 5.75 Å². The van der Waals surface area contributed by atoms with Gasteiger partial charge in [0.1, 0.15) is 5.75 Å². The van der Waals surface area contributed by atoms with E-state index in [4.69, 9.17) is 4.74 Å². The Morgan fingerprint density at radius 2 is 1.55 bits per heavy atom. The number of esters is 1. The van der Waals surface area contributed by atoms with Crippen molar-refractivity contribution in [2.45, 2.75) is 20.8 Å². The number of hydrogen-bond donors (Lipinski definition) is 0. The van der Waals surface area contributed by atoms with Gasteiger partial charge in [-0.15, -0.1) is 0 Å². The molecular weight excluding hydrogens is 276 g/mol. The van der Waals surface area contributed by atoms with Crippen molar-refractivity contribution in [2.24, 2.45) is 10.2 Å². The van der Waals surface area contributed by atoms with Crippen molar-refractivity contribution < 1.29 is 9.53 Å². The van der Waals surface area contributed by atoms with Crippen LogP contribution in [0.3, 0.4) is 0 Å². The predicted molar refractivity (Wildman–Crippen MR) is 87.1 cm³/mol. The van der Waals surface area contributed by atoms with E-state index >= 15 is 0 Å². The second-order valence-corrected chi connectivity index (χ2v) is 5.07. The van der Waals surface area contributed by atoms with Gasteiger partial charge in [0.05, 0.1) is 11.4 Å². The summed E-state index contributed by atoms with van der Waals surface area (Å²) >= 11 is 0. The van der Waals surface area contributed by atoms with Gasteiger partial charge in [0.2, 0.25) is 0 Å². The highest BCUT2D eigenvalue weighted by atomic mass is 16.5. The van der Waals surface area contributed by atoms with Crippen LogP contribution in [0.25, 0.3) is 0 Å². The number of benzene rings is 2. The van der Waals surface area contributed by atoms with E-state index in [9.17, 15) is 4.79 Å². The molecule has 112 valence electrons. The van der Waals surface area contributed by atoms with Crippen molar-refractivity contribution in [3.05, 3.63) is 65.7 Å². The zero-order valence-electron chi connectivity index (χ0n) is 13.0. The molecule has 0 heterocycles. The third-order valence-electron chi connectivity index (χ3n) is 3.13. The summed E-state index contributed by atoms with van der Waals surface area (Å²) < 4.78 is 5.23. The first-order valence-electron chi connectivity index (χ1n) is 6.93. The van der Waals surface area contributed by atoms with Gasteiger partial charge >= 0.3 is 5.97 Å². The lowest BCUT2D eigenvalue weighted by Crippen LogP contribution is -2.05. The number of carbonyl (C=O) groups is 1. The maximum Gasteiger partial charge on any atom is 0.335 e. The molecule has 0 aliphatic carbocycles. The molecule has 0 bridgehead atoms. The standard InChI is InChI=1S/C18H18N2O2/c1-5-17(21)22-18-13(3)10-16(11-14(18)4)20-19-15-8-6-12(2)7-9-15/h5-11H,1H2,2-4H3. The summed E-state index contributed by atoms with van der Waals surface area (Å²) in [4.78, 5) is 11.3. The Hall–Kier alpha value is -2.75. The van der Waals surface area contributed by atoms with Gasteiger partial charge in [0.25, 0.3) is 0 Å². The molecule has 2 aromatic rings. The summed E-state index contributed by atoms with van der Waals surface area (Å²) in [6.45, 7) is 9.15. The van der Waals surface area contributed by atoms with Crippen LogP contribution in [0.1, 0.15) is 16.7 Å². The van der Waals surface area contributed by atoms with Gasteiger partial charge in [-0.3, -0.25) is 0 Å². The predicted octanol–water partition coefficient (Wildman–Crippen LogP) is 5.12. The van der Waals surface area contributed by atoms with E-state index in [1.54, 1.807) is 0 Å². The maximum absolute atomic E-state index is 11.3. The number of nitrogens with zero attached hydrogens (tertiary/aromatic N) is 2. The van der Waals surface area contributed by atoms with E-state index in [1.807, 2.05) is 57.2 Å². The molecule has 0 N–H and O–H groups in total. The fourth-order valence-corrected chi connectivity index (χ4v) is 2.02. The minimum atomic E-state index is -0.472. The van der Waals surface area contributed by atoms with E-state index in [0.717, 1.165) is 22.9 Å². The molecule has 0 spiro atoms. The van der Waals surface area contributed by atoms with Crippen LogP contribution >= 0.6 is 0 Å². The molecule has 0 saturated carbocycles. The van der Waals surface area contributed by atoms with Crippen LogP contribution in [-0.4, -0.2) is 5.97 Å². The molecular formula is C18H18N2O2. The first-order chi connectivity index (χ1) is 10.5. The van der Waals surface area contributed by atoms with Crippen LogP contribution in [0, 0.1) is 20.8 Å². The molecule has 0 aliphatic heterocycles. The number of ether oxygens (including phenoxy) is 1. The summed E-state index contributed by atoms with van der Waals surface area (Å²) in [5.74, 6) is 0.0689. The van der Waals surface area contributed by atoms with Crippen LogP contribution in [0.15, 0.2) is 59.3 Å². The monoisotopic (exact) mass is 294 g/mol. The number of carbonyl (C=O) groups excluding carboxylic acids is 1. The fourth-order valence-electron chi connectivity index (χ4n) is 2.02. The molecule has 0 unspecified atom stereocenters. The number of aryl methyl sites for hydroxylation is 3. The third kappa shape index (κ3) is 3.88. The Kier molecular flexibility index (Phi) is 4.84. The van der Waals surface area contributed by atoms with Crippen LogP contribution in [0.5, 0.6) is 5.75 Å². The van der Waals surface area contributed by atoms with Gasteiger partial charge in [-0.05, 0) is 56.2 Å². The first kappa shape index (κ1) is 15.6. The van der Waals surface area contributed by atoms with E-state index < -0.39 is 5.97 Å². The zero-order chi connectivity index (χ0) is 16.1. The lowest BCUT2D eigenvalue weighted by atomic mass is 10.1. The van der Waals surface area contributed by atoms with Crippen molar-refractivity contribution in [1.29, 1.82) is 0 Å². The largest absolute Gasteiger partial charge is 0.423 e. The van der Waals surface area contributed by atoms with E-state index in [0.29, 0.717) is 11.4 Å². The second-order valence-electron chi connectivity index (χ2n) is 5.07. The average Bonchev–Trinajstić information content (AvgIpc) is 2.50. The average molecular weight is 294 g/mol. The van der Waals surface area contributed by atoms with Crippen molar-refractivity contribution >= 4 is 17.3 Å². The Morgan fingerprint density at radius 1 is 1.00 bits per heavy atom. The first-order valence-corrected chi connectivity index (χ1v) is 6.93. The summed E-state index contributed by atoms with van der Waals surface area (Å²) in [5.41, 5.74) is 4.34. The maximum atomic E-state index is 11.3. The Labute approximate surface area is 130 Å². The normalized spacial score (nSPS) is 10.7. The Balaban J connectivity index is 2.24. The quantitative estimate of drug-likeness (QED) is 0.340. The Morgan fingerprint density at radius 3 is 2.09 bits per heavy atom. The number of azo groups is 1. The Bertz CT molecular complexity index is 708. The fraction of sp³-hybridized carbons (Fsp3) is 0.167. The zero-order valence-corrected chi connectivity index (χ0v) is 13.0. The van der Waals surface area contributed by atoms with Gasteiger partial charge in [-0.2, -0.15) is 10.2 Å². The lowest BCUT2D eigenvalue weighted by molar-refractivity contribution is -0.129. The second kappa shape index (κ2) is 6.80. The summed E-state index contributed by atoms with van der Waals surface area (Å²) in [6.07, 6.45) is 1.14. The molecule has 0 aromatic heterocycles. The van der Waals surface area contributed by atoms with Gasteiger partial charge in [0.15, 0.2) is 0 Å². The molecule has 0 saturated heterocycles. The van der Waals surface area contributed by atoms with Crippen LogP contribution < -0.4 is 4.74 Å². The molecule has 0 radical (unpaired) electrons. The lowest BCUT2D eigenvalue weighted by Gasteiger charge is -2.09. The van der Waals surface area contributed by atoms with Crippen LogP contribution in [0.2, 0.25) is 0 Å². The third-order valence-corrected chi connectivity index (χ3v) is 3.13. The smallest absolute Gasteiger partial charge is 0.335 e. The molecule has 2 rings (SSSR count). The summed E-state index contributed by atoms with van der Waals surface area (Å²) in [7, 11) is 0. The summed E-state index contributed by atoms with van der Waals surface area (Å²) in [5, 5.41) is 8.44. The van der Waals surface area contributed by atoms with Gasteiger partial charge in [-0.1, -0.05) is 24.3 Å². The van der Waals surface area contributed by atoms with E-state index in [-0.39, 0.29) is 0 Å². The van der Waals surface area contributed by atoms with E-state index in [2.05, 4.69) is 16.8 Å². The molecule has 22 heavy (non-hydrogen) atoms. The minimum absolute atomic E-state index is 0.472. The van der Waals surface area contributed by atoms with Gasteiger partial charge in [-0.25, -0.2) is 4.79 Å². The van der Waals surface area contributed by atoms with E-state index in [1.165, 1.54) is 5.56 Å². The highest BCUT2D eigenvalue weighted by Crippen LogP contribution is 2.29. The molecule has 0 atom stereocenters. The molecule has 0 amide bonds. The van der Waals surface area contributed by atoms with Crippen molar-refractivity contribution in [2.75, 3.05) is 0 Å². The molecule has 4 nitrogen and oxygen atoms in total. The molecule has 0 fully saturated rings. The minimum Gasteiger partial charge on any atom is -0.423 e. The highest BCUT2D eigenvalue weighted by Gasteiger charge is 2.09. The summed E-state index contributed by atoms with van der Waals surface area (Å²) in [6, 6.07) is 11.5. The topological polar surface area (TPSA) is 51.0 Å². The van der Waals surface area contributed by atoms with Crippen molar-refractivity contribution in [3.63, 3.8) is 0 Å². The molecule has 2 aromatic carbocycles.